The van der Waals surface area contributed by atoms with E-state index in [1.807, 2.05) is 0 Å². The van der Waals surface area contributed by atoms with Crippen LogP contribution >= 0.6 is 0 Å². The number of hydrogen-bond acceptors (Lipinski definition) is 3. The zero-order valence-electron chi connectivity index (χ0n) is 13.7. The number of hydrogen-bond donors (Lipinski definition) is 1. The lowest BCUT2D eigenvalue weighted by Crippen LogP contribution is -2.23. The van der Waals surface area contributed by atoms with Crippen molar-refractivity contribution in [3.05, 3.63) is 59.4 Å². The van der Waals surface area contributed by atoms with Gasteiger partial charge in [0.1, 0.15) is 5.82 Å². The van der Waals surface area contributed by atoms with Gasteiger partial charge in [-0.1, -0.05) is 18.2 Å². The molecule has 24 heavy (non-hydrogen) atoms. The summed E-state index contributed by atoms with van der Waals surface area (Å²) in [5.41, 5.74) is 1.66. The van der Waals surface area contributed by atoms with Crippen molar-refractivity contribution >= 4 is 21.6 Å². The maximum atomic E-state index is 12.9. The lowest BCUT2D eigenvalue weighted by Gasteiger charge is -2.15. The third kappa shape index (κ3) is 4.18. The van der Waals surface area contributed by atoms with Crippen LogP contribution in [0, 0.1) is 12.7 Å². The second-order valence-corrected chi connectivity index (χ2v) is 7.74. The van der Waals surface area contributed by atoms with Gasteiger partial charge in [-0.25, -0.2) is 17.1 Å². The zero-order valence-corrected chi connectivity index (χ0v) is 14.5. The average Bonchev–Trinajstić information content (AvgIpc) is 2.51. The Morgan fingerprint density at radius 3 is 2.33 bits per heavy atom. The van der Waals surface area contributed by atoms with Gasteiger partial charge in [-0.15, -0.1) is 0 Å². The number of aryl methyl sites for hydroxylation is 1. The molecule has 0 saturated carbocycles. The van der Waals surface area contributed by atoms with Crippen molar-refractivity contribution in [1.82, 2.24) is 4.31 Å². The van der Waals surface area contributed by atoms with Crippen LogP contribution in [0.15, 0.2) is 47.4 Å². The summed E-state index contributed by atoms with van der Waals surface area (Å²) in [6, 6.07) is 10.4. The fraction of sp³-hybridized carbons (Fsp3) is 0.235. The molecule has 0 radical (unpaired) electrons. The predicted octanol–water partition coefficient (Wildman–Crippen LogP) is 2.57. The molecule has 2 rings (SSSR count). The number of halogens is 1. The smallest absolute Gasteiger partial charge is 0.242 e. The Morgan fingerprint density at radius 1 is 1.12 bits per heavy atom. The van der Waals surface area contributed by atoms with E-state index in [1.54, 1.807) is 19.1 Å². The summed E-state index contributed by atoms with van der Waals surface area (Å²) in [5, 5.41) is 2.67. The molecule has 0 heterocycles. The van der Waals surface area contributed by atoms with E-state index >= 15 is 0 Å². The van der Waals surface area contributed by atoms with Gasteiger partial charge in [0.25, 0.3) is 0 Å². The first-order valence-corrected chi connectivity index (χ1v) is 8.71. The number of sulfonamides is 1. The highest BCUT2D eigenvalue weighted by atomic mass is 32.2. The van der Waals surface area contributed by atoms with Crippen LogP contribution in [0.1, 0.15) is 11.1 Å². The monoisotopic (exact) mass is 350 g/mol. The molecule has 0 aliphatic rings. The average molecular weight is 350 g/mol. The molecule has 0 aliphatic heterocycles. The third-order valence-electron chi connectivity index (χ3n) is 3.51. The molecular weight excluding hydrogens is 331 g/mol. The molecule has 0 spiro atoms. The minimum absolute atomic E-state index is 0.0733. The highest BCUT2D eigenvalue weighted by molar-refractivity contribution is 7.89. The fourth-order valence-electron chi connectivity index (χ4n) is 2.15. The molecule has 0 aliphatic carbocycles. The van der Waals surface area contributed by atoms with Gasteiger partial charge in [0.2, 0.25) is 15.9 Å². The van der Waals surface area contributed by atoms with E-state index in [4.69, 9.17) is 0 Å². The number of amides is 1. The van der Waals surface area contributed by atoms with E-state index in [2.05, 4.69) is 5.32 Å². The van der Waals surface area contributed by atoms with Crippen molar-refractivity contribution in [2.45, 2.75) is 18.2 Å². The van der Waals surface area contributed by atoms with Crippen LogP contribution in [0.3, 0.4) is 0 Å². The molecule has 128 valence electrons. The summed E-state index contributed by atoms with van der Waals surface area (Å²) < 4.78 is 38.6. The van der Waals surface area contributed by atoms with Crippen LogP contribution in [0.25, 0.3) is 0 Å². The van der Waals surface area contributed by atoms with Crippen LogP contribution < -0.4 is 5.32 Å². The van der Waals surface area contributed by atoms with Crippen molar-refractivity contribution in [2.75, 3.05) is 19.4 Å². The lowest BCUT2D eigenvalue weighted by atomic mass is 10.1. The first kappa shape index (κ1) is 18.1. The van der Waals surface area contributed by atoms with Gasteiger partial charge in [-0.3, -0.25) is 4.79 Å². The van der Waals surface area contributed by atoms with E-state index < -0.39 is 10.0 Å². The van der Waals surface area contributed by atoms with Crippen LogP contribution in [-0.4, -0.2) is 32.7 Å². The molecule has 0 fully saturated rings. The number of carbonyl (C=O) groups excluding carboxylic acids is 1. The fourth-order valence-corrected chi connectivity index (χ4v) is 3.29. The Morgan fingerprint density at radius 2 is 1.75 bits per heavy atom. The molecule has 0 atom stereocenters. The molecule has 1 N–H and O–H groups in total. The molecule has 1 amide bonds. The zero-order chi connectivity index (χ0) is 17.9. The quantitative estimate of drug-likeness (QED) is 0.901. The van der Waals surface area contributed by atoms with Gasteiger partial charge in [0.15, 0.2) is 0 Å². The molecular formula is C17H19FN2O3S. The van der Waals surface area contributed by atoms with Gasteiger partial charge < -0.3 is 5.32 Å². The standard InChI is InChI=1S/C17H19FN2O3S/c1-12-4-9-15(11-16(12)24(22,23)20(2)3)19-17(21)10-13-5-7-14(18)8-6-13/h4-9,11H,10H2,1-3H3,(H,19,21). The summed E-state index contributed by atoms with van der Waals surface area (Å²) in [5.74, 6) is -0.671. The maximum absolute atomic E-state index is 12.9. The minimum Gasteiger partial charge on any atom is -0.326 e. The maximum Gasteiger partial charge on any atom is 0.242 e. The van der Waals surface area contributed by atoms with Gasteiger partial charge >= 0.3 is 0 Å². The number of nitrogens with one attached hydrogen (secondary N) is 1. The van der Waals surface area contributed by atoms with Crippen molar-refractivity contribution in [1.29, 1.82) is 0 Å². The molecule has 2 aromatic carbocycles. The van der Waals surface area contributed by atoms with Gasteiger partial charge in [0, 0.05) is 19.8 Å². The van der Waals surface area contributed by atoms with Crippen LogP contribution in [0.5, 0.6) is 0 Å². The molecule has 5 nitrogen and oxygen atoms in total. The molecule has 0 aromatic heterocycles. The van der Waals surface area contributed by atoms with E-state index in [0.29, 0.717) is 16.8 Å². The Balaban J connectivity index is 2.18. The Hall–Kier alpha value is -2.25. The second kappa shape index (κ2) is 7.11. The Kier molecular flexibility index (Phi) is 5.36. The number of benzene rings is 2. The van der Waals surface area contributed by atoms with Crippen molar-refractivity contribution in [2.24, 2.45) is 0 Å². The van der Waals surface area contributed by atoms with E-state index in [-0.39, 0.29) is 23.0 Å². The molecule has 0 saturated heterocycles. The summed E-state index contributed by atoms with van der Waals surface area (Å²) in [6.07, 6.45) is 0.0733. The molecule has 0 bridgehead atoms. The van der Waals surface area contributed by atoms with Gasteiger partial charge in [-0.2, -0.15) is 0 Å². The number of anilines is 1. The highest BCUT2D eigenvalue weighted by Gasteiger charge is 2.20. The Labute approximate surface area is 141 Å². The third-order valence-corrected chi connectivity index (χ3v) is 5.47. The van der Waals surface area contributed by atoms with Crippen molar-refractivity contribution < 1.29 is 17.6 Å². The van der Waals surface area contributed by atoms with E-state index in [0.717, 1.165) is 4.31 Å². The summed E-state index contributed by atoms with van der Waals surface area (Å²) >= 11 is 0. The van der Waals surface area contributed by atoms with E-state index in [9.17, 15) is 17.6 Å². The minimum atomic E-state index is -3.59. The largest absolute Gasteiger partial charge is 0.326 e. The number of carbonyl (C=O) groups is 1. The molecule has 0 unspecified atom stereocenters. The second-order valence-electron chi connectivity index (χ2n) is 5.62. The predicted molar refractivity (Wildman–Crippen MR) is 90.8 cm³/mol. The van der Waals surface area contributed by atoms with Crippen molar-refractivity contribution in [3.8, 4) is 0 Å². The first-order valence-electron chi connectivity index (χ1n) is 7.27. The summed E-state index contributed by atoms with van der Waals surface area (Å²) in [6.45, 7) is 1.69. The topological polar surface area (TPSA) is 66.5 Å². The van der Waals surface area contributed by atoms with Crippen LogP contribution in [0.2, 0.25) is 0 Å². The number of nitrogens with zero attached hydrogens (tertiary/aromatic N) is 1. The SMILES string of the molecule is Cc1ccc(NC(=O)Cc2ccc(F)cc2)cc1S(=O)(=O)N(C)C. The number of rotatable bonds is 5. The molecule has 2 aromatic rings. The van der Waals surface area contributed by atoms with Crippen LogP contribution in [-0.2, 0) is 21.2 Å². The van der Waals surface area contributed by atoms with Gasteiger partial charge in [0.05, 0.1) is 11.3 Å². The normalized spacial score (nSPS) is 11.5. The van der Waals surface area contributed by atoms with Gasteiger partial charge in [-0.05, 0) is 42.3 Å². The summed E-state index contributed by atoms with van der Waals surface area (Å²) in [4.78, 5) is 12.2. The Bertz CT molecular complexity index is 847. The lowest BCUT2D eigenvalue weighted by molar-refractivity contribution is -0.115. The first-order chi connectivity index (χ1) is 11.2. The highest BCUT2D eigenvalue weighted by Crippen LogP contribution is 2.22. The van der Waals surface area contributed by atoms with E-state index in [1.165, 1.54) is 44.4 Å². The molecule has 7 heteroatoms. The van der Waals surface area contributed by atoms with Crippen LogP contribution in [0.4, 0.5) is 10.1 Å². The summed E-state index contributed by atoms with van der Waals surface area (Å²) in [7, 11) is -0.683. The van der Waals surface area contributed by atoms with Crippen molar-refractivity contribution in [3.63, 3.8) is 0 Å².